The van der Waals surface area contributed by atoms with Gasteiger partial charge in [-0.15, -0.1) is 0 Å². The van der Waals surface area contributed by atoms with Gasteiger partial charge in [-0.3, -0.25) is 4.90 Å². The van der Waals surface area contributed by atoms with Crippen LogP contribution in [0.4, 0.5) is 0 Å². The molecular weight excluding hydrogens is 176 g/mol. The van der Waals surface area contributed by atoms with Crippen molar-refractivity contribution in [2.75, 3.05) is 13.2 Å². The van der Waals surface area contributed by atoms with Gasteiger partial charge in [0.15, 0.2) is 0 Å². The minimum absolute atomic E-state index is 0.225. The second kappa shape index (κ2) is 5.33. The smallest absolute Gasteiger partial charge is 0.0635 e. The molecule has 14 heavy (non-hydrogen) atoms. The molecule has 1 fully saturated rings. The fourth-order valence-corrected chi connectivity index (χ4v) is 2.53. The SMILES string of the molecule is CCC1CC(C)C(CO)N1CCC#N. The Morgan fingerprint density at radius 2 is 2.29 bits per heavy atom. The van der Waals surface area contributed by atoms with Crippen molar-refractivity contribution in [1.29, 1.82) is 5.26 Å². The molecule has 1 N–H and O–H groups in total. The van der Waals surface area contributed by atoms with Crippen molar-refractivity contribution in [3.05, 3.63) is 0 Å². The number of aliphatic hydroxyl groups is 1. The zero-order chi connectivity index (χ0) is 10.6. The molecule has 80 valence electrons. The summed E-state index contributed by atoms with van der Waals surface area (Å²) in [5, 5.41) is 17.9. The van der Waals surface area contributed by atoms with Crippen LogP contribution in [0, 0.1) is 17.2 Å². The lowest BCUT2D eigenvalue weighted by atomic mass is 10.0. The van der Waals surface area contributed by atoms with Crippen LogP contribution < -0.4 is 0 Å². The Kier molecular flexibility index (Phi) is 4.37. The van der Waals surface area contributed by atoms with Crippen LogP contribution in [-0.2, 0) is 0 Å². The van der Waals surface area contributed by atoms with Crippen molar-refractivity contribution in [3.8, 4) is 6.07 Å². The first-order valence-electron chi connectivity index (χ1n) is 5.48. The number of rotatable bonds is 4. The number of hydrogen-bond acceptors (Lipinski definition) is 3. The number of likely N-dealkylation sites (tertiary alicyclic amines) is 1. The van der Waals surface area contributed by atoms with Gasteiger partial charge in [-0.05, 0) is 18.8 Å². The number of nitriles is 1. The molecule has 0 amide bonds. The third-order valence-corrected chi connectivity index (χ3v) is 3.34. The van der Waals surface area contributed by atoms with Crippen LogP contribution in [0.15, 0.2) is 0 Å². The Bertz CT molecular complexity index is 212. The van der Waals surface area contributed by atoms with Crippen LogP contribution in [0.2, 0.25) is 0 Å². The summed E-state index contributed by atoms with van der Waals surface area (Å²) in [5.74, 6) is 0.559. The van der Waals surface area contributed by atoms with Gasteiger partial charge in [0.1, 0.15) is 0 Å². The van der Waals surface area contributed by atoms with Crippen LogP contribution in [0.5, 0.6) is 0 Å². The van der Waals surface area contributed by atoms with E-state index in [4.69, 9.17) is 5.26 Å². The molecule has 1 heterocycles. The molecule has 1 aliphatic heterocycles. The Morgan fingerprint density at radius 1 is 1.57 bits per heavy atom. The van der Waals surface area contributed by atoms with Gasteiger partial charge in [0.25, 0.3) is 0 Å². The van der Waals surface area contributed by atoms with E-state index in [0.29, 0.717) is 18.4 Å². The largest absolute Gasteiger partial charge is 0.395 e. The molecule has 0 aliphatic carbocycles. The zero-order valence-electron chi connectivity index (χ0n) is 9.11. The average Bonchev–Trinajstić information content (AvgIpc) is 2.50. The topological polar surface area (TPSA) is 47.3 Å². The third-order valence-electron chi connectivity index (χ3n) is 3.34. The van der Waals surface area contributed by atoms with E-state index in [-0.39, 0.29) is 12.6 Å². The lowest BCUT2D eigenvalue weighted by Gasteiger charge is -2.28. The molecule has 0 saturated carbocycles. The minimum Gasteiger partial charge on any atom is -0.395 e. The summed E-state index contributed by atoms with van der Waals surface area (Å²) >= 11 is 0. The van der Waals surface area contributed by atoms with Crippen molar-refractivity contribution in [1.82, 2.24) is 4.90 Å². The van der Waals surface area contributed by atoms with E-state index in [9.17, 15) is 5.11 Å². The van der Waals surface area contributed by atoms with Gasteiger partial charge in [0.2, 0.25) is 0 Å². The Morgan fingerprint density at radius 3 is 2.79 bits per heavy atom. The summed E-state index contributed by atoms with van der Waals surface area (Å²) in [5.41, 5.74) is 0. The van der Waals surface area contributed by atoms with Crippen LogP contribution in [0.25, 0.3) is 0 Å². The molecule has 3 nitrogen and oxygen atoms in total. The minimum atomic E-state index is 0.225. The standard InChI is InChI=1S/C11H20N2O/c1-3-10-7-9(2)11(8-14)13(10)6-4-5-12/h9-11,14H,3-4,6-8H2,1-2H3. The molecule has 1 aliphatic rings. The van der Waals surface area contributed by atoms with Crippen LogP contribution in [-0.4, -0.2) is 35.2 Å². The number of aliphatic hydroxyl groups excluding tert-OH is 1. The van der Waals surface area contributed by atoms with Crippen molar-refractivity contribution in [3.63, 3.8) is 0 Å². The second-order valence-corrected chi connectivity index (χ2v) is 4.17. The molecule has 0 bridgehead atoms. The summed E-state index contributed by atoms with van der Waals surface area (Å²) in [6.45, 7) is 5.40. The quantitative estimate of drug-likeness (QED) is 0.739. The Balaban J connectivity index is 2.60. The van der Waals surface area contributed by atoms with Gasteiger partial charge in [0, 0.05) is 25.0 Å². The lowest BCUT2D eigenvalue weighted by Crippen LogP contribution is -2.39. The van der Waals surface area contributed by atoms with E-state index < -0.39 is 0 Å². The van der Waals surface area contributed by atoms with E-state index in [0.717, 1.165) is 19.4 Å². The van der Waals surface area contributed by atoms with Crippen molar-refractivity contribution in [2.45, 2.75) is 45.2 Å². The van der Waals surface area contributed by atoms with E-state index in [1.807, 2.05) is 0 Å². The predicted molar refractivity (Wildman–Crippen MR) is 55.7 cm³/mol. The molecule has 0 aromatic heterocycles. The van der Waals surface area contributed by atoms with E-state index in [1.165, 1.54) is 0 Å². The van der Waals surface area contributed by atoms with Gasteiger partial charge in [-0.2, -0.15) is 5.26 Å². The van der Waals surface area contributed by atoms with E-state index in [1.54, 1.807) is 0 Å². The first kappa shape index (κ1) is 11.5. The summed E-state index contributed by atoms with van der Waals surface area (Å²) in [6, 6.07) is 3.01. The molecule has 0 spiro atoms. The first-order valence-corrected chi connectivity index (χ1v) is 5.48. The highest BCUT2D eigenvalue weighted by atomic mass is 16.3. The van der Waals surface area contributed by atoms with E-state index >= 15 is 0 Å². The predicted octanol–water partition coefficient (Wildman–Crippen LogP) is 1.38. The molecular formula is C11H20N2O. The molecule has 0 aromatic rings. The molecule has 3 unspecified atom stereocenters. The molecule has 1 saturated heterocycles. The Hall–Kier alpha value is -0.590. The van der Waals surface area contributed by atoms with Crippen LogP contribution >= 0.6 is 0 Å². The lowest BCUT2D eigenvalue weighted by molar-refractivity contribution is 0.116. The second-order valence-electron chi connectivity index (χ2n) is 4.17. The molecule has 3 heteroatoms. The molecule has 0 aromatic carbocycles. The normalized spacial score (nSPS) is 33.1. The van der Waals surface area contributed by atoms with E-state index in [2.05, 4.69) is 24.8 Å². The maximum atomic E-state index is 9.29. The summed E-state index contributed by atoms with van der Waals surface area (Å²) in [7, 11) is 0. The fourth-order valence-electron chi connectivity index (χ4n) is 2.53. The van der Waals surface area contributed by atoms with Crippen LogP contribution in [0.1, 0.15) is 33.1 Å². The van der Waals surface area contributed by atoms with Gasteiger partial charge in [-0.25, -0.2) is 0 Å². The van der Waals surface area contributed by atoms with Gasteiger partial charge in [0.05, 0.1) is 12.7 Å². The summed E-state index contributed by atoms with van der Waals surface area (Å²) < 4.78 is 0. The first-order chi connectivity index (χ1) is 6.74. The van der Waals surface area contributed by atoms with Crippen molar-refractivity contribution < 1.29 is 5.11 Å². The highest BCUT2D eigenvalue weighted by Gasteiger charge is 2.36. The maximum Gasteiger partial charge on any atom is 0.0635 e. The maximum absolute atomic E-state index is 9.29. The monoisotopic (exact) mass is 196 g/mol. The van der Waals surface area contributed by atoms with Gasteiger partial charge < -0.3 is 5.11 Å². The average molecular weight is 196 g/mol. The van der Waals surface area contributed by atoms with Crippen LogP contribution in [0.3, 0.4) is 0 Å². The van der Waals surface area contributed by atoms with Gasteiger partial charge in [-0.1, -0.05) is 13.8 Å². The highest BCUT2D eigenvalue weighted by molar-refractivity contribution is 4.92. The highest BCUT2D eigenvalue weighted by Crippen LogP contribution is 2.30. The summed E-state index contributed by atoms with van der Waals surface area (Å²) in [4.78, 5) is 2.31. The molecule has 1 rings (SSSR count). The third kappa shape index (κ3) is 2.26. The van der Waals surface area contributed by atoms with Gasteiger partial charge >= 0.3 is 0 Å². The number of nitrogens with zero attached hydrogens (tertiary/aromatic N) is 2. The fraction of sp³-hybridized carbons (Fsp3) is 0.909. The Labute approximate surface area is 86.3 Å². The molecule has 0 radical (unpaired) electrons. The zero-order valence-corrected chi connectivity index (χ0v) is 9.11. The van der Waals surface area contributed by atoms with Crippen molar-refractivity contribution in [2.24, 2.45) is 5.92 Å². The van der Waals surface area contributed by atoms with Crippen molar-refractivity contribution >= 4 is 0 Å². The molecule has 3 atom stereocenters. The number of hydrogen-bond donors (Lipinski definition) is 1. The summed E-state index contributed by atoms with van der Waals surface area (Å²) in [6.07, 6.45) is 2.85.